The van der Waals surface area contributed by atoms with Crippen molar-refractivity contribution in [1.29, 1.82) is 0 Å². The number of carbonyl (C=O) groups is 3. The van der Waals surface area contributed by atoms with Crippen LogP contribution in [0.25, 0.3) is 0 Å². The first-order valence-electron chi connectivity index (χ1n) is 13.0. The molecule has 1 heterocycles. The molecular weight excluding hydrogens is 584 g/mol. The molecule has 0 spiro atoms. The van der Waals surface area contributed by atoms with E-state index in [0.29, 0.717) is 6.61 Å². The van der Waals surface area contributed by atoms with Crippen LogP contribution >= 0.6 is 0 Å². The molecule has 1 aliphatic rings. The number of alkyl halides is 2. The molecule has 1 fully saturated rings. The van der Waals surface area contributed by atoms with Gasteiger partial charge in [-0.1, -0.05) is 0 Å². The monoisotopic (exact) mass is 619 g/mol. The molecule has 43 heavy (non-hydrogen) atoms. The van der Waals surface area contributed by atoms with Crippen molar-refractivity contribution in [3.63, 3.8) is 0 Å². The minimum atomic E-state index is -3.18. The molecule has 0 aliphatic carbocycles. The predicted molar refractivity (Wildman–Crippen MR) is 142 cm³/mol. The van der Waals surface area contributed by atoms with Crippen LogP contribution in [0.4, 0.5) is 14.5 Å². The summed E-state index contributed by atoms with van der Waals surface area (Å²) in [6, 6.07) is 1.87. The zero-order valence-corrected chi connectivity index (χ0v) is 22.9. The highest BCUT2D eigenvalue weighted by Crippen LogP contribution is 2.34. The third kappa shape index (κ3) is 11.3. The van der Waals surface area contributed by atoms with Gasteiger partial charge < -0.3 is 60.5 Å². The maximum atomic E-state index is 13.9. The van der Waals surface area contributed by atoms with Gasteiger partial charge >= 0.3 is 5.97 Å². The Morgan fingerprint density at radius 3 is 2.35 bits per heavy atom. The van der Waals surface area contributed by atoms with Crippen LogP contribution in [0.3, 0.4) is 0 Å². The van der Waals surface area contributed by atoms with Gasteiger partial charge in [-0.15, -0.1) is 12.3 Å². The van der Waals surface area contributed by atoms with Crippen LogP contribution in [-0.4, -0.2) is 115 Å². The summed E-state index contributed by atoms with van der Waals surface area (Å²) >= 11 is 0. The van der Waals surface area contributed by atoms with Crippen LogP contribution in [0.1, 0.15) is 24.8 Å². The molecule has 1 saturated heterocycles. The van der Waals surface area contributed by atoms with E-state index in [4.69, 9.17) is 40.9 Å². The fraction of sp³-hybridized carbons (Fsp3) is 0.577. The molecule has 2 amide bonds. The summed E-state index contributed by atoms with van der Waals surface area (Å²) in [5.41, 5.74) is 4.27. The molecular formula is C26H35F2N3O12. The van der Waals surface area contributed by atoms with Crippen molar-refractivity contribution < 1.29 is 67.3 Å². The van der Waals surface area contributed by atoms with E-state index in [1.165, 1.54) is 0 Å². The molecule has 0 bridgehead atoms. The Morgan fingerprint density at radius 2 is 1.72 bits per heavy atom. The number of hydrogen-bond acceptors (Lipinski definition) is 12. The topological polar surface area (TPSA) is 228 Å². The standard InChI is InChI=1S/C26H35F2N3O12/c1-2-3-4-16(31-18(32)12-40-9-7-39-8-10-41-13-29)24(36)30-14-5-6-17(15(11-14)23(27)28)42-26-21(35)19(33)20(34)22(43-26)25(37)38/h1,5-6,11,16,19-23,26,33-35H,3-4,7-10,12-13,29H2,(H,30,36)(H,31,32)(H,37,38). The highest BCUT2D eigenvalue weighted by molar-refractivity contribution is 5.97. The van der Waals surface area contributed by atoms with Gasteiger partial charge in [0.25, 0.3) is 6.43 Å². The smallest absolute Gasteiger partial charge is 0.335 e. The van der Waals surface area contributed by atoms with Crippen molar-refractivity contribution in [2.24, 2.45) is 5.73 Å². The average Bonchev–Trinajstić information content (AvgIpc) is 2.97. The molecule has 1 aromatic carbocycles. The summed E-state index contributed by atoms with van der Waals surface area (Å²) in [6.07, 6.45) is -7.70. The number of hydrogen-bond donors (Lipinski definition) is 7. The Morgan fingerprint density at radius 1 is 1.05 bits per heavy atom. The van der Waals surface area contributed by atoms with E-state index in [9.17, 15) is 38.5 Å². The minimum absolute atomic E-state index is 0.0249. The van der Waals surface area contributed by atoms with Gasteiger partial charge in [0.2, 0.25) is 18.1 Å². The molecule has 6 unspecified atom stereocenters. The third-order valence-corrected chi connectivity index (χ3v) is 5.89. The number of amides is 2. The summed E-state index contributed by atoms with van der Waals surface area (Å²) in [6.45, 7) is 0.531. The van der Waals surface area contributed by atoms with Gasteiger partial charge in [0.05, 0.1) is 38.7 Å². The number of nitrogens with two attached hydrogens (primary N) is 1. The molecule has 8 N–H and O–H groups in total. The average molecular weight is 620 g/mol. The van der Waals surface area contributed by atoms with Crippen LogP contribution in [0, 0.1) is 12.3 Å². The first-order valence-corrected chi connectivity index (χ1v) is 13.0. The Labute approximate surface area is 245 Å². The van der Waals surface area contributed by atoms with Crippen LogP contribution in [0.15, 0.2) is 18.2 Å². The van der Waals surface area contributed by atoms with Crippen molar-refractivity contribution >= 4 is 23.5 Å². The van der Waals surface area contributed by atoms with Crippen LogP contribution in [0.2, 0.25) is 0 Å². The Hall–Kier alpha value is -3.47. The lowest BCUT2D eigenvalue weighted by Crippen LogP contribution is -2.61. The number of nitrogens with one attached hydrogen (secondary N) is 2. The molecule has 6 atom stereocenters. The maximum Gasteiger partial charge on any atom is 0.335 e. The van der Waals surface area contributed by atoms with Gasteiger partial charge in [0.15, 0.2) is 6.10 Å². The Bertz CT molecular complexity index is 1110. The van der Waals surface area contributed by atoms with E-state index in [1.807, 2.05) is 0 Å². The number of rotatable bonds is 18. The van der Waals surface area contributed by atoms with E-state index in [0.717, 1.165) is 18.2 Å². The molecule has 2 rings (SSSR count). The number of carboxylic acid groups (broad SMARTS) is 1. The first-order chi connectivity index (χ1) is 20.5. The second-order valence-corrected chi connectivity index (χ2v) is 9.00. The Balaban J connectivity index is 2.03. The van der Waals surface area contributed by atoms with Crippen LogP contribution in [-0.2, 0) is 33.3 Å². The maximum absolute atomic E-state index is 13.9. The molecule has 1 aliphatic heterocycles. The lowest BCUT2D eigenvalue weighted by Gasteiger charge is -2.38. The molecule has 0 saturated carbocycles. The summed E-state index contributed by atoms with van der Waals surface area (Å²) in [4.78, 5) is 36.5. The zero-order chi connectivity index (χ0) is 31.9. The van der Waals surface area contributed by atoms with Crippen molar-refractivity contribution in [1.82, 2.24) is 5.32 Å². The van der Waals surface area contributed by atoms with Gasteiger partial charge in [0, 0.05) is 12.1 Å². The van der Waals surface area contributed by atoms with Gasteiger partial charge in [-0.3, -0.25) is 9.59 Å². The third-order valence-electron chi connectivity index (χ3n) is 5.89. The molecule has 1 aromatic rings. The van der Waals surface area contributed by atoms with Crippen molar-refractivity contribution in [3.8, 4) is 18.1 Å². The van der Waals surface area contributed by atoms with Crippen molar-refractivity contribution in [2.75, 3.05) is 45.1 Å². The van der Waals surface area contributed by atoms with Gasteiger partial charge in [-0.2, -0.15) is 0 Å². The zero-order valence-electron chi connectivity index (χ0n) is 22.9. The molecule has 15 nitrogen and oxygen atoms in total. The quantitative estimate of drug-likeness (QED) is 0.0576. The van der Waals surface area contributed by atoms with Crippen LogP contribution in [0.5, 0.6) is 5.75 Å². The largest absolute Gasteiger partial charge is 0.479 e. The van der Waals surface area contributed by atoms with Crippen molar-refractivity contribution in [3.05, 3.63) is 23.8 Å². The second kappa shape index (κ2) is 18.3. The lowest BCUT2D eigenvalue weighted by molar-refractivity contribution is -0.271. The van der Waals surface area contributed by atoms with E-state index < -0.39 is 78.9 Å². The number of ether oxygens (including phenoxy) is 5. The summed E-state index contributed by atoms with van der Waals surface area (Å²) in [7, 11) is 0. The highest BCUT2D eigenvalue weighted by atomic mass is 19.3. The molecule has 240 valence electrons. The summed E-state index contributed by atoms with van der Waals surface area (Å²) in [5.74, 6) is -1.31. The first kappa shape index (κ1) is 35.7. The van der Waals surface area contributed by atoms with Crippen molar-refractivity contribution in [2.45, 2.75) is 56.0 Å². The highest BCUT2D eigenvalue weighted by Gasteiger charge is 2.48. The Kier molecular flexibility index (Phi) is 15.2. The normalized spacial score (nSPS) is 22.4. The van der Waals surface area contributed by atoms with E-state index in [-0.39, 0.29) is 45.1 Å². The SMILES string of the molecule is C#CCCC(NC(=O)COCCOCCOCN)C(=O)Nc1ccc(OC2OC(C(=O)O)C(O)C(O)C2O)c(C(F)F)c1. The van der Waals surface area contributed by atoms with E-state index in [2.05, 4.69) is 16.6 Å². The molecule has 0 aromatic heterocycles. The number of carboxylic acids is 1. The summed E-state index contributed by atoms with van der Waals surface area (Å²) in [5, 5.41) is 43.9. The summed E-state index contributed by atoms with van der Waals surface area (Å²) < 4.78 is 53.3. The van der Waals surface area contributed by atoms with E-state index >= 15 is 0 Å². The molecule has 17 heteroatoms. The number of benzene rings is 1. The number of aliphatic hydroxyl groups excluding tert-OH is 3. The second-order valence-electron chi connectivity index (χ2n) is 9.00. The number of terminal acetylenes is 1. The molecule has 0 radical (unpaired) electrons. The number of carbonyl (C=O) groups excluding carboxylic acids is 2. The minimum Gasteiger partial charge on any atom is -0.479 e. The van der Waals surface area contributed by atoms with Crippen LogP contribution < -0.4 is 21.1 Å². The van der Waals surface area contributed by atoms with Gasteiger partial charge in [0.1, 0.15) is 36.7 Å². The fourth-order valence-electron chi connectivity index (χ4n) is 3.73. The number of aliphatic hydroxyl groups is 3. The van der Waals surface area contributed by atoms with Gasteiger partial charge in [-0.25, -0.2) is 13.6 Å². The number of halogens is 2. The lowest BCUT2D eigenvalue weighted by atomic mass is 9.99. The fourth-order valence-corrected chi connectivity index (χ4v) is 3.73. The van der Waals surface area contributed by atoms with E-state index in [1.54, 1.807) is 0 Å². The predicted octanol–water partition coefficient (Wildman–Crippen LogP) is -1.30. The van der Waals surface area contributed by atoms with Gasteiger partial charge in [-0.05, 0) is 24.6 Å². The number of anilines is 1. The number of aliphatic carboxylic acids is 1.